The summed E-state index contributed by atoms with van der Waals surface area (Å²) in [6.07, 6.45) is 11.8. The van der Waals surface area contributed by atoms with Crippen molar-refractivity contribution in [2.24, 2.45) is 30.2 Å². The minimum absolute atomic E-state index is 0.606. The fourth-order valence-electron chi connectivity index (χ4n) is 5.86. The van der Waals surface area contributed by atoms with Gasteiger partial charge in [-0.25, -0.2) is 0 Å². The first-order chi connectivity index (χ1) is 10.1. The number of aryl methyl sites for hydroxylation is 1. The summed E-state index contributed by atoms with van der Waals surface area (Å²) in [5.74, 6) is 4.21. The number of hydrogen-bond donors (Lipinski definition) is 1. The molecule has 4 nitrogen and oxygen atoms in total. The van der Waals surface area contributed by atoms with Crippen molar-refractivity contribution in [1.29, 1.82) is 0 Å². The monoisotopic (exact) mass is 288 g/mol. The van der Waals surface area contributed by atoms with Crippen molar-refractivity contribution in [3.8, 4) is 0 Å². The molecule has 1 aromatic heterocycles. The third-order valence-electron chi connectivity index (χ3n) is 6.61. The molecule has 0 aromatic carbocycles. The van der Waals surface area contributed by atoms with Crippen molar-refractivity contribution >= 4 is 0 Å². The number of nitrogens with one attached hydrogen (secondary N) is 1. The lowest BCUT2D eigenvalue weighted by Crippen LogP contribution is -2.55. The van der Waals surface area contributed by atoms with Crippen LogP contribution >= 0.6 is 0 Å². The molecule has 1 N–H and O–H groups in total. The molecular weight excluding hydrogens is 260 g/mol. The molecule has 21 heavy (non-hydrogen) atoms. The van der Waals surface area contributed by atoms with E-state index >= 15 is 0 Å². The summed E-state index contributed by atoms with van der Waals surface area (Å²) < 4.78 is 2.02. The fraction of sp³-hybridized carbons (Fsp3) is 0.882. The van der Waals surface area contributed by atoms with Gasteiger partial charge in [0.15, 0.2) is 0 Å². The quantitative estimate of drug-likeness (QED) is 0.905. The fourth-order valence-corrected chi connectivity index (χ4v) is 5.86. The normalized spacial score (nSPS) is 38.9. The Morgan fingerprint density at radius 3 is 2.38 bits per heavy atom. The highest BCUT2D eigenvalue weighted by Crippen LogP contribution is 2.61. The van der Waals surface area contributed by atoms with Gasteiger partial charge in [0.1, 0.15) is 12.2 Å². The molecule has 4 aliphatic rings. The van der Waals surface area contributed by atoms with Crippen molar-refractivity contribution in [3.63, 3.8) is 0 Å². The van der Waals surface area contributed by atoms with Crippen LogP contribution in [0.2, 0.25) is 0 Å². The Bertz CT molecular complexity index is 471. The number of hydrogen-bond acceptors (Lipinski definition) is 3. The van der Waals surface area contributed by atoms with Crippen LogP contribution in [0.1, 0.15) is 51.3 Å². The van der Waals surface area contributed by atoms with E-state index in [-0.39, 0.29) is 0 Å². The highest BCUT2D eigenvalue weighted by Gasteiger charge is 2.52. The molecule has 0 saturated heterocycles. The zero-order chi connectivity index (χ0) is 14.4. The first-order valence-electron chi connectivity index (χ1n) is 8.71. The Morgan fingerprint density at radius 1 is 1.24 bits per heavy atom. The van der Waals surface area contributed by atoms with Crippen molar-refractivity contribution in [3.05, 3.63) is 12.2 Å². The van der Waals surface area contributed by atoms with Crippen molar-refractivity contribution in [1.82, 2.24) is 20.1 Å². The van der Waals surface area contributed by atoms with Gasteiger partial charge in [-0.05, 0) is 68.6 Å². The van der Waals surface area contributed by atoms with E-state index in [9.17, 15) is 0 Å². The van der Waals surface area contributed by atoms with Gasteiger partial charge in [0.05, 0.1) is 0 Å². The van der Waals surface area contributed by atoms with Crippen molar-refractivity contribution in [2.75, 3.05) is 6.54 Å². The first-order valence-corrected chi connectivity index (χ1v) is 8.71. The van der Waals surface area contributed by atoms with Gasteiger partial charge in [-0.3, -0.25) is 0 Å². The van der Waals surface area contributed by atoms with Crippen molar-refractivity contribution in [2.45, 2.75) is 57.9 Å². The van der Waals surface area contributed by atoms with Gasteiger partial charge in [-0.15, -0.1) is 10.2 Å². The molecule has 4 heteroatoms. The largest absolute Gasteiger partial charge is 0.321 e. The molecule has 1 heterocycles. The first kappa shape index (κ1) is 13.7. The molecule has 1 aromatic rings. The van der Waals surface area contributed by atoms with Gasteiger partial charge in [0.25, 0.3) is 0 Å². The second-order valence-corrected chi connectivity index (χ2v) is 8.06. The van der Waals surface area contributed by atoms with Gasteiger partial charge in [0.2, 0.25) is 0 Å². The molecule has 0 aliphatic heterocycles. The summed E-state index contributed by atoms with van der Waals surface area (Å²) >= 11 is 0. The number of rotatable bonds is 5. The molecule has 4 aliphatic carbocycles. The predicted molar refractivity (Wildman–Crippen MR) is 82.8 cm³/mol. The topological polar surface area (TPSA) is 42.7 Å². The van der Waals surface area contributed by atoms with Crippen LogP contribution in [0.5, 0.6) is 0 Å². The Balaban J connectivity index is 1.36. The Kier molecular flexibility index (Phi) is 3.32. The highest BCUT2D eigenvalue weighted by molar-refractivity contribution is 5.05. The molecule has 5 rings (SSSR count). The SMILES string of the molecule is CC(NCCc1nncn1C)C12CC3CC(CC(C3)C1)C2. The highest BCUT2D eigenvalue weighted by atomic mass is 15.2. The summed E-state index contributed by atoms with van der Waals surface area (Å²) in [5.41, 5.74) is 0.606. The van der Waals surface area contributed by atoms with Gasteiger partial charge in [-0.2, -0.15) is 0 Å². The van der Waals surface area contributed by atoms with Gasteiger partial charge < -0.3 is 9.88 Å². The third kappa shape index (κ3) is 2.41. The van der Waals surface area contributed by atoms with Crippen molar-refractivity contribution < 1.29 is 0 Å². The lowest BCUT2D eigenvalue weighted by atomic mass is 9.48. The van der Waals surface area contributed by atoms with Crippen LogP contribution in [0.3, 0.4) is 0 Å². The minimum Gasteiger partial charge on any atom is -0.321 e. The molecule has 0 amide bonds. The number of aromatic nitrogens is 3. The maximum atomic E-state index is 4.18. The van der Waals surface area contributed by atoms with Crippen LogP contribution in [0.15, 0.2) is 6.33 Å². The van der Waals surface area contributed by atoms with Gasteiger partial charge in [-0.1, -0.05) is 0 Å². The van der Waals surface area contributed by atoms with Crippen LogP contribution in [-0.4, -0.2) is 27.4 Å². The van der Waals surface area contributed by atoms with E-state index in [2.05, 4.69) is 22.4 Å². The summed E-state index contributed by atoms with van der Waals surface area (Å²) in [6.45, 7) is 3.46. The molecular formula is C17H28N4. The Hall–Kier alpha value is -0.900. The summed E-state index contributed by atoms with van der Waals surface area (Å²) in [5, 5.41) is 12.0. The van der Waals surface area contributed by atoms with Crippen LogP contribution in [-0.2, 0) is 13.5 Å². The second kappa shape index (κ2) is 5.08. The second-order valence-electron chi connectivity index (χ2n) is 8.06. The molecule has 0 radical (unpaired) electrons. The summed E-state index contributed by atoms with van der Waals surface area (Å²) in [4.78, 5) is 0. The standard InChI is InChI=1S/C17H28N4/c1-12(18-4-3-16-20-19-11-21(16)2)17-8-13-5-14(9-17)7-15(6-13)10-17/h11-15,18H,3-10H2,1-2H3. The molecule has 4 bridgehead atoms. The van der Waals surface area contributed by atoms with Crippen LogP contribution in [0.25, 0.3) is 0 Å². The molecule has 4 fully saturated rings. The van der Waals surface area contributed by atoms with Crippen LogP contribution in [0, 0.1) is 23.2 Å². The van der Waals surface area contributed by atoms with E-state index in [4.69, 9.17) is 0 Å². The lowest BCUT2D eigenvalue weighted by molar-refractivity contribution is -0.0702. The molecule has 4 saturated carbocycles. The average Bonchev–Trinajstić information content (AvgIpc) is 2.83. The zero-order valence-electron chi connectivity index (χ0n) is 13.4. The maximum Gasteiger partial charge on any atom is 0.133 e. The minimum atomic E-state index is 0.606. The number of nitrogens with zero attached hydrogens (tertiary/aromatic N) is 3. The average molecular weight is 288 g/mol. The van der Waals surface area contributed by atoms with Crippen LogP contribution < -0.4 is 5.32 Å². The Labute approximate surface area is 127 Å². The van der Waals surface area contributed by atoms with Crippen LogP contribution in [0.4, 0.5) is 0 Å². The molecule has 1 unspecified atom stereocenters. The molecule has 1 atom stereocenters. The molecule has 116 valence electrons. The van der Waals surface area contributed by atoms with E-state index in [1.165, 1.54) is 38.5 Å². The van der Waals surface area contributed by atoms with Gasteiger partial charge >= 0.3 is 0 Å². The third-order valence-corrected chi connectivity index (χ3v) is 6.61. The van der Waals surface area contributed by atoms with E-state index in [1.54, 1.807) is 6.33 Å². The summed E-state index contributed by atoms with van der Waals surface area (Å²) in [6, 6.07) is 0.652. The zero-order valence-corrected chi connectivity index (χ0v) is 13.4. The smallest absolute Gasteiger partial charge is 0.133 e. The van der Waals surface area contributed by atoms with E-state index in [0.717, 1.165) is 36.5 Å². The predicted octanol–water partition coefficient (Wildman–Crippen LogP) is 2.55. The molecule has 0 spiro atoms. The van der Waals surface area contributed by atoms with E-state index in [0.29, 0.717) is 11.5 Å². The Morgan fingerprint density at radius 2 is 1.86 bits per heavy atom. The van der Waals surface area contributed by atoms with E-state index < -0.39 is 0 Å². The lowest BCUT2D eigenvalue weighted by Gasteiger charge is -2.59. The maximum absolute atomic E-state index is 4.18. The van der Waals surface area contributed by atoms with Gasteiger partial charge in [0, 0.05) is 26.1 Å². The van der Waals surface area contributed by atoms with E-state index in [1.807, 2.05) is 11.6 Å². The summed E-state index contributed by atoms with van der Waals surface area (Å²) in [7, 11) is 2.03.